The molecule has 2 fully saturated rings. The minimum atomic E-state index is 0.130. The average molecular weight is 296 g/mol. The summed E-state index contributed by atoms with van der Waals surface area (Å²) >= 11 is 0. The summed E-state index contributed by atoms with van der Waals surface area (Å²) in [5.41, 5.74) is 5.96. The van der Waals surface area contributed by atoms with Crippen molar-refractivity contribution in [2.45, 2.75) is 76.9 Å². The van der Waals surface area contributed by atoms with Gasteiger partial charge in [0.2, 0.25) is 5.91 Å². The van der Waals surface area contributed by atoms with Crippen molar-refractivity contribution in [1.82, 2.24) is 5.32 Å². The van der Waals surface area contributed by atoms with Crippen molar-refractivity contribution in [2.24, 2.45) is 17.6 Å². The molecule has 0 saturated heterocycles. The highest BCUT2D eigenvalue weighted by atomic mass is 16.5. The minimum Gasteiger partial charge on any atom is -0.378 e. The van der Waals surface area contributed by atoms with Crippen molar-refractivity contribution in [1.29, 1.82) is 0 Å². The second-order valence-electron chi connectivity index (χ2n) is 6.74. The Bertz CT molecular complexity index is 316. The Balaban J connectivity index is 1.69. The number of amides is 1. The van der Waals surface area contributed by atoms with Crippen LogP contribution in [0.25, 0.3) is 0 Å². The van der Waals surface area contributed by atoms with Crippen LogP contribution in [0.5, 0.6) is 0 Å². The molecule has 1 amide bonds. The summed E-state index contributed by atoms with van der Waals surface area (Å²) in [4.78, 5) is 12.2. The van der Waals surface area contributed by atoms with Gasteiger partial charge in [0.1, 0.15) is 0 Å². The first-order chi connectivity index (χ1) is 10.2. The van der Waals surface area contributed by atoms with Gasteiger partial charge in [-0.05, 0) is 51.4 Å². The lowest BCUT2D eigenvalue weighted by atomic mass is 9.85. The molecule has 2 rings (SSSR count). The number of ether oxygens (including phenoxy) is 1. The molecule has 122 valence electrons. The number of rotatable bonds is 7. The third-order valence-corrected chi connectivity index (χ3v) is 5.12. The number of carbonyl (C=O) groups is 1. The van der Waals surface area contributed by atoms with Crippen LogP contribution in [0.4, 0.5) is 0 Å². The summed E-state index contributed by atoms with van der Waals surface area (Å²) in [6, 6.07) is 0.212. The van der Waals surface area contributed by atoms with Crippen LogP contribution in [-0.2, 0) is 9.53 Å². The molecular weight excluding hydrogens is 264 g/mol. The van der Waals surface area contributed by atoms with Crippen molar-refractivity contribution in [3.8, 4) is 0 Å². The van der Waals surface area contributed by atoms with Crippen LogP contribution in [0.1, 0.15) is 64.7 Å². The summed E-state index contributed by atoms with van der Waals surface area (Å²) in [5.74, 6) is 1.03. The quantitative estimate of drug-likeness (QED) is 0.759. The van der Waals surface area contributed by atoms with Crippen LogP contribution >= 0.6 is 0 Å². The van der Waals surface area contributed by atoms with Crippen LogP contribution in [0.2, 0.25) is 0 Å². The van der Waals surface area contributed by atoms with E-state index in [0.717, 1.165) is 45.3 Å². The first kappa shape index (κ1) is 16.8. The summed E-state index contributed by atoms with van der Waals surface area (Å²) in [5, 5.41) is 3.11. The Kier molecular flexibility index (Phi) is 6.97. The van der Waals surface area contributed by atoms with Gasteiger partial charge in [0, 0.05) is 25.1 Å². The highest BCUT2D eigenvalue weighted by Gasteiger charge is 2.27. The van der Waals surface area contributed by atoms with E-state index in [4.69, 9.17) is 10.5 Å². The van der Waals surface area contributed by atoms with Crippen molar-refractivity contribution in [3.05, 3.63) is 0 Å². The molecule has 2 aliphatic rings. The van der Waals surface area contributed by atoms with Gasteiger partial charge < -0.3 is 15.8 Å². The molecule has 0 aromatic carbocycles. The maximum absolute atomic E-state index is 12.2. The predicted octanol–water partition coefficient (Wildman–Crippen LogP) is 2.61. The van der Waals surface area contributed by atoms with Crippen LogP contribution in [0.3, 0.4) is 0 Å². The number of hydrogen-bond acceptors (Lipinski definition) is 3. The molecule has 0 aromatic rings. The predicted molar refractivity (Wildman–Crippen MR) is 84.9 cm³/mol. The van der Waals surface area contributed by atoms with E-state index in [0.29, 0.717) is 12.0 Å². The first-order valence-corrected chi connectivity index (χ1v) is 8.85. The van der Waals surface area contributed by atoms with E-state index < -0.39 is 0 Å². The summed E-state index contributed by atoms with van der Waals surface area (Å²) in [7, 11) is 0. The van der Waals surface area contributed by atoms with Crippen LogP contribution in [-0.4, -0.2) is 31.2 Å². The number of carbonyl (C=O) groups excluding carboxylic acids is 1. The van der Waals surface area contributed by atoms with Gasteiger partial charge in [-0.3, -0.25) is 4.79 Å². The zero-order chi connectivity index (χ0) is 15.1. The van der Waals surface area contributed by atoms with E-state index in [9.17, 15) is 4.79 Å². The molecule has 4 nitrogen and oxygen atoms in total. The molecule has 2 saturated carbocycles. The highest BCUT2D eigenvalue weighted by Crippen LogP contribution is 2.30. The molecule has 0 aromatic heterocycles. The third kappa shape index (κ3) is 5.26. The Morgan fingerprint density at radius 3 is 2.67 bits per heavy atom. The van der Waals surface area contributed by atoms with E-state index in [1.54, 1.807) is 0 Å². The Morgan fingerprint density at radius 2 is 2.00 bits per heavy atom. The van der Waals surface area contributed by atoms with Gasteiger partial charge in [0.15, 0.2) is 0 Å². The molecule has 3 unspecified atom stereocenters. The fourth-order valence-electron chi connectivity index (χ4n) is 3.95. The van der Waals surface area contributed by atoms with E-state index in [-0.39, 0.29) is 17.9 Å². The molecule has 0 bridgehead atoms. The normalized spacial score (nSPS) is 28.5. The third-order valence-electron chi connectivity index (χ3n) is 5.12. The smallest absolute Gasteiger partial charge is 0.223 e. The molecule has 4 heteroatoms. The van der Waals surface area contributed by atoms with Gasteiger partial charge in [-0.25, -0.2) is 0 Å². The zero-order valence-electron chi connectivity index (χ0n) is 13.5. The molecule has 0 aliphatic heterocycles. The monoisotopic (exact) mass is 296 g/mol. The Labute approximate surface area is 129 Å². The molecule has 0 spiro atoms. The maximum atomic E-state index is 12.2. The zero-order valence-corrected chi connectivity index (χ0v) is 13.5. The number of hydrogen-bond donors (Lipinski definition) is 2. The standard InChI is InChI=1S/C17H32N2O2/c1-2-21-16(13-6-3-4-7-13)10-11-19-17(20)14-8-5-9-15(18)12-14/h13-16H,2-12,18H2,1H3,(H,19,20). The van der Waals surface area contributed by atoms with Crippen molar-refractivity contribution < 1.29 is 9.53 Å². The Hall–Kier alpha value is -0.610. The van der Waals surface area contributed by atoms with Gasteiger partial charge in [-0.15, -0.1) is 0 Å². The van der Waals surface area contributed by atoms with Gasteiger partial charge in [0.05, 0.1) is 6.10 Å². The van der Waals surface area contributed by atoms with Crippen molar-refractivity contribution in [2.75, 3.05) is 13.2 Å². The number of nitrogens with one attached hydrogen (secondary N) is 1. The van der Waals surface area contributed by atoms with Crippen molar-refractivity contribution >= 4 is 5.91 Å². The number of nitrogens with two attached hydrogens (primary N) is 1. The van der Waals surface area contributed by atoms with Gasteiger partial charge >= 0.3 is 0 Å². The van der Waals surface area contributed by atoms with Gasteiger partial charge in [-0.2, -0.15) is 0 Å². The molecule has 3 atom stereocenters. The average Bonchev–Trinajstić information content (AvgIpc) is 3.00. The van der Waals surface area contributed by atoms with E-state index in [1.165, 1.54) is 25.7 Å². The molecular formula is C17H32N2O2. The second kappa shape index (κ2) is 8.74. The van der Waals surface area contributed by atoms with Crippen LogP contribution in [0.15, 0.2) is 0 Å². The lowest BCUT2D eigenvalue weighted by Gasteiger charge is -2.27. The SMILES string of the molecule is CCOC(CCNC(=O)C1CCCC(N)C1)C1CCCC1. The topological polar surface area (TPSA) is 64.3 Å². The summed E-state index contributed by atoms with van der Waals surface area (Å²) < 4.78 is 5.90. The van der Waals surface area contributed by atoms with Crippen LogP contribution < -0.4 is 11.1 Å². The maximum Gasteiger partial charge on any atom is 0.223 e. The van der Waals surface area contributed by atoms with Gasteiger partial charge in [0.25, 0.3) is 0 Å². The summed E-state index contributed by atoms with van der Waals surface area (Å²) in [6.45, 7) is 3.57. The van der Waals surface area contributed by atoms with E-state index in [1.807, 2.05) is 0 Å². The Morgan fingerprint density at radius 1 is 1.24 bits per heavy atom. The molecule has 0 heterocycles. The van der Waals surface area contributed by atoms with E-state index in [2.05, 4.69) is 12.2 Å². The fraction of sp³-hybridized carbons (Fsp3) is 0.941. The lowest BCUT2D eigenvalue weighted by Crippen LogP contribution is -2.39. The van der Waals surface area contributed by atoms with Gasteiger partial charge in [-0.1, -0.05) is 19.3 Å². The molecule has 21 heavy (non-hydrogen) atoms. The summed E-state index contributed by atoms with van der Waals surface area (Å²) in [6.07, 6.45) is 10.5. The molecule has 2 aliphatic carbocycles. The molecule has 3 N–H and O–H groups in total. The highest BCUT2D eigenvalue weighted by molar-refractivity contribution is 5.78. The van der Waals surface area contributed by atoms with Crippen LogP contribution in [0, 0.1) is 11.8 Å². The van der Waals surface area contributed by atoms with E-state index >= 15 is 0 Å². The molecule has 0 radical (unpaired) electrons. The van der Waals surface area contributed by atoms with Crippen molar-refractivity contribution in [3.63, 3.8) is 0 Å². The largest absolute Gasteiger partial charge is 0.378 e. The second-order valence-corrected chi connectivity index (χ2v) is 6.74. The minimum absolute atomic E-state index is 0.130. The lowest BCUT2D eigenvalue weighted by molar-refractivity contribution is -0.126. The fourth-order valence-corrected chi connectivity index (χ4v) is 3.95. The first-order valence-electron chi connectivity index (χ1n) is 8.85.